The molecule has 3 atom stereocenters. The zero-order valence-corrected chi connectivity index (χ0v) is 12.4. The topological polar surface area (TPSA) is 58.6 Å². The molecule has 19 heavy (non-hydrogen) atoms. The summed E-state index contributed by atoms with van der Waals surface area (Å²) < 4.78 is 4.76. The first-order chi connectivity index (χ1) is 8.95. The zero-order chi connectivity index (χ0) is 14.0. The number of methoxy groups -OCH3 is 1. The summed E-state index contributed by atoms with van der Waals surface area (Å²) in [5.74, 6) is -0.219. The van der Waals surface area contributed by atoms with Gasteiger partial charge in [-0.25, -0.2) is 0 Å². The van der Waals surface area contributed by atoms with Gasteiger partial charge in [0, 0.05) is 16.3 Å². The molecule has 106 valence electrons. The van der Waals surface area contributed by atoms with E-state index < -0.39 is 0 Å². The third kappa shape index (κ3) is 2.99. The van der Waals surface area contributed by atoms with Crippen LogP contribution in [0.5, 0.6) is 0 Å². The molecule has 1 aliphatic carbocycles. The second kappa shape index (κ2) is 5.61. The van der Waals surface area contributed by atoms with E-state index in [0.717, 1.165) is 11.3 Å². The van der Waals surface area contributed by atoms with Crippen LogP contribution < -0.4 is 5.32 Å². The van der Waals surface area contributed by atoms with Gasteiger partial charge >= 0.3 is 5.97 Å². The monoisotopic (exact) mass is 283 g/mol. The fraction of sp³-hybridized carbons (Fsp3) is 0.643. The van der Waals surface area contributed by atoms with E-state index >= 15 is 0 Å². The Morgan fingerprint density at radius 1 is 1.68 bits per heavy atom. The predicted octanol–water partition coefficient (Wildman–Crippen LogP) is 2.10. The van der Waals surface area contributed by atoms with E-state index in [9.17, 15) is 9.90 Å². The van der Waals surface area contributed by atoms with Crippen LogP contribution in [0, 0.1) is 5.41 Å². The first kappa shape index (κ1) is 14.5. The van der Waals surface area contributed by atoms with Crippen molar-refractivity contribution >= 4 is 17.3 Å². The van der Waals surface area contributed by atoms with Crippen molar-refractivity contribution in [3.05, 3.63) is 22.4 Å². The highest BCUT2D eigenvalue weighted by Crippen LogP contribution is 2.42. The molecular formula is C14H21NO3S. The highest BCUT2D eigenvalue weighted by molar-refractivity contribution is 7.10. The predicted molar refractivity (Wildman–Crippen MR) is 75.0 cm³/mol. The number of hydrogen-bond donors (Lipinski definition) is 2. The molecule has 1 aliphatic rings. The number of hydrogen-bond acceptors (Lipinski definition) is 5. The maximum absolute atomic E-state index is 11.5. The van der Waals surface area contributed by atoms with Gasteiger partial charge < -0.3 is 15.2 Å². The Morgan fingerprint density at radius 3 is 2.89 bits per heavy atom. The van der Waals surface area contributed by atoms with Crippen molar-refractivity contribution in [1.82, 2.24) is 5.32 Å². The molecule has 1 fully saturated rings. The largest absolute Gasteiger partial charge is 0.469 e. The Bertz CT molecular complexity index is 430. The third-order valence-electron chi connectivity index (χ3n) is 4.10. The molecule has 4 nitrogen and oxygen atoms in total. The van der Waals surface area contributed by atoms with E-state index in [0.29, 0.717) is 6.42 Å². The Labute approximate surface area is 117 Å². The van der Waals surface area contributed by atoms with Gasteiger partial charge in [-0.3, -0.25) is 4.79 Å². The number of rotatable bonds is 5. The molecule has 0 spiro atoms. The Kier molecular flexibility index (Phi) is 4.28. The molecule has 0 bridgehead atoms. The lowest BCUT2D eigenvalue weighted by atomic mass is 9.64. The van der Waals surface area contributed by atoms with Gasteiger partial charge in [-0.05, 0) is 17.9 Å². The smallest absolute Gasteiger partial charge is 0.307 e. The average molecular weight is 283 g/mol. The molecule has 1 aromatic heterocycles. The molecular weight excluding hydrogens is 262 g/mol. The molecule has 0 saturated heterocycles. The maximum Gasteiger partial charge on any atom is 0.307 e. The lowest BCUT2D eigenvalue weighted by molar-refractivity contribution is -0.141. The number of carbonyl (C=O) groups is 1. The van der Waals surface area contributed by atoms with E-state index in [-0.39, 0.29) is 29.6 Å². The summed E-state index contributed by atoms with van der Waals surface area (Å²) in [5, 5.41) is 15.3. The second-order valence-electron chi connectivity index (χ2n) is 5.64. The number of ether oxygens (including phenoxy) is 1. The van der Waals surface area contributed by atoms with Crippen molar-refractivity contribution < 1.29 is 14.6 Å². The second-order valence-corrected chi connectivity index (χ2v) is 6.62. The first-order valence-electron chi connectivity index (χ1n) is 6.49. The fourth-order valence-corrected chi connectivity index (χ4v) is 3.20. The lowest BCUT2D eigenvalue weighted by Gasteiger charge is -2.50. The SMILES string of the molecule is COC(=O)CC(NC1CC(O)C1(C)C)c1cccs1. The summed E-state index contributed by atoms with van der Waals surface area (Å²) in [6, 6.07) is 4.18. The van der Waals surface area contributed by atoms with Gasteiger partial charge in [0.25, 0.3) is 0 Å². The van der Waals surface area contributed by atoms with Gasteiger partial charge in [-0.15, -0.1) is 11.3 Å². The standard InChI is InChI=1S/C14H21NO3S/c1-14(2)11(8-12(14)16)15-9(7-13(17)18-3)10-5-4-6-19-10/h4-6,9,11-12,15-16H,7-8H2,1-3H3. The van der Waals surface area contributed by atoms with Gasteiger partial charge in [-0.1, -0.05) is 19.9 Å². The molecule has 2 rings (SSSR count). The van der Waals surface area contributed by atoms with E-state index in [1.165, 1.54) is 7.11 Å². The van der Waals surface area contributed by atoms with Crippen LogP contribution in [0.15, 0.2) is 17.5 Å². The van der Waals surface area contributed by atoms with Gasteiger partial charge in [0.2, 0.25) is 0 Å². The average Bonchev–Trinajstić information content (AvgIpc) is 2.90. The lowest BCUT2D eigenvalue weighted by Crippen LogP contribution is -2.60. The summed E-state index contributed by atoms with van der Waals surface area (Å²) in [4.78, 5) is 12.7. The third-order valence-corrected chi connectivity index (χ3v) is 5.09. The summed E-state index contributed by atoms with van der Waals surface area (Å²) in [5.41, 5.74) is -0.147. The number of carbonyl (C=O) groups excluding carboxylic acids is 1. The summed E-state index contributed by atoms with van der Waals surface area (Å²) in [7, 11) is 1.41. The molecule has 0 amide bonds. The summed E-state index contributed by atoms with van der Waals surface area (Å²) >= 11 is 1.63. The van der Waals surface area contributed by atoms with Crippen LogP contribution in [0.1, 0.15) is 37.6 Å². The molecule has 3 unspecified atom stereocenters. The summed E-state index contributed by atoms with van der Waals surface area (Å²) in [6.45, 7) is 4.09. The Hall–Kier alpha value is -0.910. The zero-order valence-electron chi connectivity index (χ0n) is 11.6. The minimum absolute atomic E-state index is 0.0378. The number of aliphatic hydroxyl groups is 1. The maximum atomic E-state index is 11.5. The highest BCUT2D eigenvalue weighted by Gasteiger charge is 2.48. The Balaban J connectivity index is 2.05. The van der Waals surface area contributed by atoms with Crippen LogP contribution in [0.2, 0.25) is 0 Å². The van der Waals surface area contributed by atoms with Crippen LogP contribution in [-0.2, 0) is 9.53 Å². The van der Waals surface area contributed by atoms with Crippen molar-refractivity contribution in [2.24, 2.45) is 5.41 Å². The molecule has 2 N–H and O–H groups in total. The Morgan fingerprint density at radius 2 is 2.42 bits per heavy atom. The van der Waals surface area contributed by atoms with Gasteiger partial charge in [0.15, 0.2) is 0 Å². The van der Waals surface area contributed by atoms with Crippen molar-refractivity contribution in [2.45, 2.75) is 44.9 Å². The van der Waals surface area contributed by atoms with Gasteiger partial charge in [0.05, 0.1) is 25.7 Å². The normalized spacial score (nSPS) is 26.5. The van der Waals surface area contributed by atoms with Crippen molar-refractivity contribution in [2.75, 3.05) is 7.11 Å². The van der Waals surface area contributed by atoms with Crippen LogP contribution in [0.3, 0.4) is 0 Å². The van der Waals surface area contributed by atoms with E-state index in [1.807, 2.05) is 31.4 Å². The minimum atomic E-state index is -0.271. The van der Waals surface area contributed by atoms with Crippen LogP contribution in [0.4, 0.5) is 0 Å². The number of esters is 1. The van der Waals surface area contributed by atoms with E-state index in [1.54, 1.807) is 11.3 Å². The molecule has 1 saturated carbocycles. The molecule has 5 heteroatoms. The molecule has 0 aliphatic heterocycles. The summed E-state index contributed by atoms with van der Waals surface area (Å²) in [6.07, 6.45) is 0.780. The van der Waals surface area contributed by atoms with Gasteiger partial charge in [0.1, 0.15) is 0 Å². The van der Waals surface area contributed by atoms with Crippen LogP contribution in [0.25, 0.3) is 0 Å². The van der Waals surface area contributed by atoms with Crippen molar-refractivity contribution in [1.29, 1.82) is 0 Å². The fourth-order valence-electron chi connectivity index (χ4n) is 2.41. The minimum Gasteiger partial charge on any atom is -0.469 e. The van der Waals surface area contributed by atoms with Crippen LogP contribution in [-0.4, -0.2) is 30.3 Å². The number of aliphatic hydroxyl groups excluding tert-OH is 1. The molecule has 0 radical (unpaired) electrons. The van der Waals surface area contributed by atoms with E-state index in [2.05, 4.69) is 5.32 Å². The number of nitrogens with one attached hydrogen (secondary N) is 1. The molecule has 1 aromatic rings. The van der Waals surface area contributed by atoms with Crippen LogP contribution >= 0.6 is 11.3 Å². The van der Waals surface area contributed by atoms with Crippen molar-refractivity contribution in [3.8, 4) is 0 Å². The quantitative estimate of drug-likeness (QED) is 0.813. The highest BCUT2D eigenvalue weighted by atomic mass is 32.1. The molecule has 1 heterocycles. The van der Waals surface area contributed by atoms with E-state index in [4.69, 9.17) is 4.74 Å². The van der Waals surface area contributed by atoms with Gasteiger partial charge in [-0.2, -0.15) is 0 Å². The number of thiophene rings is 1. The molecule has 0 aromatic carbocycles. The first-order valence-corrected chi connectivity index (χ1v) is 7.37. The van der Waals surface area contributed by atoms with Crippen molar-refractivity contribution in [3.63, 3.8) is 0 Å².